The first-order chi connectivity index (χ1) is 10.1. The van der Waals surface area contributed by atoms with Crippen LogP contribution >= 0.6 is 0 Å². The summed E-state index contributed by atoms with van der Waals surface area (Å²) in [5.41, 5.74) is 6.91. The number of amides is 1. The summed E-state index contributed by atoms with van der Waals surface area (Å²) in [6.45, 7) is 1.90. The Hall–Kier alpha value is -2.56. The molecule has 0 aliphatic carbocycles. The van der Waals surface area contributed by atoms with Crippen LogP contribution in [-0.4, -0.2) is 12.5 Å². The number of aryl methyl sites for hydroxylation is 1. The molecule has 4 nitrogen and oxygen atoms in total. The maximum atomic E-state index is 13.0. The van der Waals surface area contributed by atoms with Gasteiger partial charge in [-0.2, -0.15) is 0 Å². The molecule has 0 aliphatic rings. The molecule has 0 fully saturated rings. The van der Waals surface area contributed by atoms with Gasteiger partial charge >= 0.3 is 0 Å². The fourth-order valence-corrected chi connectivity index (χ4v) is 1.90. The molecule has 3 N–H and O–H groups in total. The number of anilines is 2. The van der Waals surface area contributed by atoms with E-state index in [0.29, 0.717) is 11.4 Å². The van der Waals surface area contributed by atoms with E-state index in [9.17, 15) is 9.18 Å². The van der Waals surface area contributed by atoms with E-state index in [1.54, 1.807) is 0 Å². The summed E-state index contributed by atoms with van der Waals surface area (Å²) in [7, 11) is 0. The molecule has 1 amide bonds. The van der Waals surface area contributed by atoms with Crippen LogP contribution in [0, 0.1) is 5.82 Å². The number of carbonyl (C=O) groups is 1. The van der Waals surface area contributed by atoms with Crippen molar-refractivity contribution in [3.63, 3.8) is 0 Å². The maximum Gasteiger partial charge on any atom is 0.262 e. The van der Waals surface area contributed by atoms with Gasteiger partial charge in [0.1, 0.15) is 11.6 Å². The monoisotopic (exact) mass is 288 g/mol. The molecule has 0 saturated carbocycles. The van der Waals surface area contributed by atoms with Gasteiger partial charge in [-0.1, -0.05) is 25.1 Å². The number of hydrogen-bond donors (Lipinski definition) is 2. The summed E-state index contributed by atoms with van der Waals surface area (Å²) in [5, 5.41) is 2.61. The van der Waals surface area contributed by atoms with Gasteiger partial charge in [-0.15, -0.1) is 0 Å². The van der Waals surface area contributed by atoms with Gasteiger partial charge in [0.25, 0.3) is 5.91 Å². The van der Waals surface area contributed by atoms with Gasteiger partial charge in [-0.05, 0) is 36.2 Å². The van der Waals surface area contributed by atoms with Crippen molar-refractivity contribution in [2.75, 3.05) is 17.7 Å². The van der Waals surface area contributed by atoms with Gasteiger partial charge in [-0.3, -0.25) is 4.79 Å². The first kappa shape index (κ1) is 14.8. The summed E-state index contributed by atoms with van der Waals surface area (Å²) in [6, 6.07) is 11.6. The Bertz CT molecular complexity index is 644. The van der Waals surface area contributed by atoms with Gasteiger partial charge < -0.3 is 15.8 Å². The van der Waals surface area contributed by atoms with Crippen molar-refractivity contribution in [1.82, 2.24) is 0 Å². The van der Waals surface area contributed by atoms with Crippen molar-refractivity contribution in [3.05, 3.63) is 53.8 Å². The smallest absolute Gasteiger partial charge is 0.262 e. The Kier molecular flexibility index (Phi) is 4.77. The highest BCUT2D eigenvalue weighted by Crippen LogP contribution is 2.19. The summed E-state index contributed by atoms with van der Waals surface area (Å²) < 4.78 is 18.5. The zero-order chi connectivity index (χ0) is 15.2. The van der Waals surface area contributed by atoms with Gasteiger partial charge in [-0.25, -0.2) is 4.39 Å². The van der Waals surface area contributed by atoms with Crippen LogP contribution in [0.1, 0.15) is 12.5 Å². The molecule has 0 aliphatic heterocycles. The summed E-state index contributed by atoms with van der Waals surface area (Å²) >= 11 is 0. The highest BCUT2D eigenvalue weighted by molar-refractivity contribution is 5.92. The number of rotatable bonds is 5. The topological polar surface area (TPSA) is 64.3 Å². The minimum absolute atomic E-state index is 0.00922. The van der Waals surface area contributed by atoms with Crippen LogP contribution in [-0.2, 0) is 11.2 Å². The zero-order valence-corrected chi connectivity index (χ0v) is 11.7. The number of hydrogen-bond acceptors (Lipinski definition) is 3. The number of nitrogen functional groups attached to an aromatic ring is 1. The quantitative estimate of drug-likeness (QED) is 0.831. The number of para-hydroxylation sites is 1. The average Bonchev–Trinajstić information content (AvgIpc) is 2.49. The molecule has 0 spiro atoms. The molecule has 0 aromatic heterocycles. The average molecular weight is 288 g/mol. The van der Waals surface area contributed by atoms with Crippen LogP contribution < -0.4 is 15.8 Å². The van der Waals surface area contributed by atoms with Gasteiger partial charge in [0.05, 0.1) is 5.69 Å². The predicted molar refractivity (Wildman–Crippen MR) is 80.8 cm³/mol. The van der Waals surface area contributed by atoms with Crippen molar-refractivity contribution >= 4 is 17.3 Å². The molecule has 0 saturated heterocycles. The molecule has 0 atom stereocenters. The molecular formula is C16H17FN2O2. The van der Waals surface area contributed by atoms with E-state index in [4.69, 9.17) is 10.5 Å². The molecular weight excluding hydrogens is 271 g/mol. The van der Waals surface area contributed by atoms with Crippen LogP contribution in [0.25, 0.3) is 0 Å². The molecule has 2 aromatic carbocycles. The lowest BCUT2D eigenvalue weighted by molar-refractivity contribution is -0.118. The number of nitrogens with two attached hydrogens (primary N) is 1. The summed E-state index contributed by atoms with van der Waals surface area (Å²) in [5.74, 6) is -0.151. The van der Waals surface area contributed by atoms with Crippen LogP contribution in [0.2, 0.25) is 0 Å². The van der Waals surface area contributed by atoms with Gasteiger partial charge in [0, 0.05) is 5.69 Å². The SMILES string of the molecule is CCc1ccccc1OCC(=O)Nc1ccc(F)c(N)c1. The number of carbonyl (C=O) groups excluding carboxylic acids is 1. The highest BCUT2D eigenvalue weighted by atomic mass is 19.1. The molecule has 0 heterocycles. The van der Waals surface area contributed by atoms with E-state index in [1.807, 2.05) is 31.2 Å². The second-order valence-electron chi connectivity index (χ2n) is 4.53. The van der Waals surface area contributed by atoms with E-state index in [1.165, 1.54) is 18.2 Å². The van der Waals surface area contributed by atoms with Gasteiger partial charge in [0.2, 0.25) is 0 Å². The zero-order valence-electron chi connectivity index (χ0n) is 11.7. The van der Waals surface area contributed by atoms with Crippen LogP contribution in [0.15, 0.2) is 42.5 Å². The van der Waals surface area contributed by atoms with Crippen molar-refractivity contribution in [2.45, 2.75) is 13.3 Å². The number of halogens is 1. The van der Waals surface area contributed by atoms with E-state index >= 15 is 0 Å². The molecule has 2 aromatic rings. The first-order valence-electron chi connectivity index (χ1n) is 6.65. The lowest BCUT2D eigenvalue weighted by Crippen LogP contribution is -2.20. The number of benzene rings is 2. The molecule has 21 heavy (non-hydrogen) atoms. The van der Waals surface area contributed by atoms with E-state index in [2.05, 4.69) is 5.32 Å². The van der Waals surface area contributed by atoms with E-state index in [0.717, 1.165) is 12.0 Å². The minimum Gasteiger partial charge on any atom is -0.483 e. The maximum absolute atomic E-state index is 13.0. The molecule has 0 bridgehead atoms. The summed E-state index contributed by atoms with van der Waals surface area (Å²) in [6.07, 6.45) is 0.826. The van der Waals surface area contributed by atoms with Crippen LogP contribution in [0.5, 0.6) is 5.75 Å². The van der Waals surface area contributed by atoms with E-state index in [-0.39, 0.29) is 18.2 Å². The third-order valence-electron chi connectivity index (χ3n) is 2.99. The van der Waals surface area contributed by atoms with Gasteiger partial charge in [0.15, 0.2) is 6.61 Å². The largest absolute Gasteiger partial charge is 0.483 e. The fourth-order valence-electron chi connectivity index (χ4n) is 1.90. The van der Waals surface area contributed by atoms with E-state index < -0.39 is 5.82 Å². The Balaban J connectivity index is 1.94. The number of nitrogens with one attached hydrogen (secondary N) is 1. The standard InChI is InChI=1S/C16H17FN2O2/c1-2-11-5-3-4-6-15(11)21-10-16(20)19-12-7-8-13(17)14(18)9-12/h3-9H,2,10,18H2,1H3,(H,19,20). The van der Waals surface area contributed by atoms with Crippen LogP contribution in [0.3, 0.4) is 0 Å². The highest BCUT2D eigenvalue weighted by Gasteiger charge is 2.07. The first-order valence-corrected chi connectivity index (χ1v) is 6.65. The second-order valence-corrected chi connectivity index (χ2v) is 4.53. The lowest BCUT2D eigenvalue weighted by Gasteiger charge is -2.10. The molecule has 0 unspecified atom stereocenters. The normalized spacial score (nSPS) is 10.2. The third-order valence-corrected chi connectivity index (χ3v) is 2.99. The second kappa shape index (κ2) is 6.74. The Labute approximate surface area is 122 Å². The molecule has 110 valence electrons. The van der Waals surface area contributed by atoms with Crippen LogP contribution in [0.4, 0.5) is 15.8 Å². The Morgan fingerprint density at radius 2 is 2.05 bits per heavy atom. The summed E-state index contributed by atoms with van der Waals surface area (Å²) in [4.78, 5) is 11.8. The molecule has 2 rings (SSSR count). The van der Waals surface area contributed by atoms with Crippen molar-refractivity contribution in [2.24, 2.45) is 0 Å². The minimum atomic E-state index is -0.513. The predicted octanol–water partition coefficient (Wildman–Crippen LogP) is 2.99. The number of ether oxygens (including phenoxy) is 1. The molecule has 0 radical (unpaired) electrons. The Morgan fingerprint density at radius 3 is 2.76 bits per heavy atom. The lowest BCUT2D eigenvalue weighted by atomic mass is 10.1. The van der Waals surface area contributed by atoms with Crippen molar-refractivity contribution in [3.8, 4) is 5.75 Å². The fraction of sp³-hybridized carbons (Fsp3) is 0.188. The third kappa shape index (κ3) is 3.95. The molecule has 5 heteroatoms. The Morgan fingerprint density at radius 1 is 1.29 bits per heavy atom. The van der Waals surface area contributed by atoms with Crippen molar-refractivity contribution < 1.29 is 13.9 Å². The van der Waals surface area contributed by atoms with Crippen molar-refractivity contribution in [1.29, 1.82) is 0 Å².